The Morgan fingerprint density at radius 1 is 1.21 bits per heavy atom. The number of fused-ring (bicyclic) bond motifs is 1. The van der Waals surface area contributed by atoms with E-state index in [1.165, 1.54) is 5.39 Å². The highest BCUT2D eigenvalue weighted by Gasteiger charge is 2.00. The second kappa shape index (κ2) is 3.76. The van der Waals surface area contributed by atoms with Crippen molar-refractivity contribution in [2.75, 3.05) is 0 Å². The SMILES string of the molecule is CC(N)Cc1ccc2ccccc2n1. The van der Waals surface area contributed by atoms with E-state index in [0.717, 1.165) is 17.6 Å². The lowest BCUT2D eigenvalue weighted by molar-refractivity contribution is 0.725. The van der Waals surface area contributed by atoms with Gasteiger partial charge in [0.2, 0.25) is 0 Å². The minimum Gasteiger partial charge on any atom is -0.328 e. The molecule has 2 aromatic rings. The van der Waals surface area contributed by atoms with E-state index in [4.69, 9.17) is 5.73 Å². The molecule has 0 radical (unpaired) electrons. The number of benzene rings is 1. The number of hydrogen-bond donors (Lipinski definition) is 1. The van der Waals surface area contributed by atoms with Crippen LogP contribution in [0.3, 0.4) is 0 Å². The molecule has 0 bridgehead atoms. The van der Waals surface area contributed by atoms with E-state index in [0.29, 0.717) is 0 Å². The number of aromatic nitrogens is 1. The summed E-state index contributed by atoms with van der Waals surface area (Å²) in [5, 5.41) is 1.18. The van der Waals surface area contributed by atoms with Crippen molar-refractivity contribution in [3.05, 3.63) is 42.1 Å². The maximum atomic E-state index is 5.73. The standard InChI is InChI=1S/C12H14N2/c1-9(13)8-11-7-6-10-4-2-3-5-12(10)14-11/h2-7,9H,8,13H2,1H3. The van der Waals surface area contributed by atoms with E-state index in [2.05, 4.69) is 17.1 Å². The average Bonchev–Trinajstić information content (AvgIpc) is 2.17. The van der Waals surface area contributed by atoms with Crippen LogP contribution in [0.15, 0.2) is 36.4 Å². The van der Waals surface area contributed by atoms with Gasteiger partial charge in [-0.3, -0.25) is 4.98 Å². The molecule has 72 valence electrons. The van der Waals surface area contributed by atoms with Crippen molar-refractivity contribution in [1.29, 1.82) is 0 Å². The van der Waals surface area contributed by atoms with Crippen molar-refractivity contribution in [3.8, 4) is 0 Å². The van der Waals surface area contributed by atoms with Gasteiger partial charge < -0.3 is 5.73 Å². The molecule has 1 aromatic carbocycles. The van der Waals surface area contributed by atoms with Gasteiger partial charge in [-0.15, -0.1) is 0 Å². The number of rotatable bonds is 2. The summed E-state index contributed by atoms with van der Waals surface area (Å²) in [6.45, 7) is 2.00. The zero-order valence-corrected chi connectivity index (χ0v) is 8.27. The lowest BCUT2D eigenvalue weighted by Gasteiger charge is -2.05. The van der Waals surface area contributed by atoms with Gasteiger partial charge in [0.25, 0.3) is 0 Å². The molecule has 2 heteroatoms. The van der Waals surface area contributed by atoms with E-state index < -0.39 is 0 Å². The van der Waals surface area contributed by atoms with Gasteiger partial charge in [0.1, 0.15) is 0 Å². The molecule has 1 heterocycles. The van der Waals surface area contributed by atoms with Crippen LogP contribution in [0.4, 0.5) is 0 Å². The molecule has 0 aliphatic heterocycles. The largest absolute Gasteiger partial charge is 0.328 e. The van der Waals surface area contributed by atoms with Crippen molar-refractivity contribution in [2.24, 2.45) is 5.73 Å². The topological polar surface area (TPSA) is 38.9 Å². The van der Waals surface area contributed by atoms with E-state index >= 15 is 0 Å². The Bertz CT molecular complexity index is 435. The van der Waals surface area contributed by atoms with Crippen molar-refractivity contribution < 1.29 is 0 Å². The van der Waals surface area contributed by atoms with Gasteiger partial charge in [0.15, 0.2) is 0 Å². The minimum absolute atomic E-state index is 0.170. The van der Waals surface area contributed by atoms with Gasteiger partial charge in [-0.05, 0) is 19.1 Å². The lowest BCUT2D eigenvalue weighted by atomic mass is 10.1. The Hall–Kier alpha value is -1.41. The molecule has 14 heavy (non-hydrogen) atoms. The molecule has 1 atom stereocenters. The minimum atomic E-state index is 0.170. The van der Waals surface area contributed by atoms with Gasteiger partial charge in [0.05, 0.1) is 5.52 Å². The molecular formula is C12H14N2. The van der Waals surface area contributed by atoms with Crippen LogP contribution < -0.4 is 5.73 Å². The third-order valence-electron chi connectivity index (χ3n) is 2.19. The van der Waals surface area contributed by atoms with Gasteiger partial charge in [-0.2, -0.15) is 0 Å². The quantitative estimate of drug-likeness (QED) is 0.780. The molecule has 2 rings (SSSR count). The first kappa shape index (κ1) is 9.16. The molecule has 0 saturated heterocycles. The molecule has 2 nitrogen and oxygen atoms in total. The zero-order valence-electron chi connectivity index (χ0n) is 8.27. The van der Waals surface area contributed by atoms with Crippen LogP contribution >= 0.6 is 0 Å². The summed E-state index contributed by atoms with van der Waals surface area (Å²) in [6, 6.07) is 12.4. The van der Waals surface area contributed by atoms with Gasteiger partial charge in [-0.25, -0.2) is 0 Å². The first-order valence-corrected chi connectivity index (χ1v) is 4.86. The molecule has 0 aliphatic rings. The Morgan fingerprint density at radius 3 is 2.79 bits per heavy atom. The highest BCUT2D eigenvalue weighted by molar-refractivity contribution is 5.78. The zero-order chi connectivity index (χ0) is 9.97. The van der Waals surface area contributed by atoms with Crippen LogP contribution in [0, 0.1) is 0 Å². The van der Waals surface area contributed by atoms with Crippen molar-refractivity contribution in [1.82, 2.24) is 4.98 Å². The molecular weight excluding hydrogens is 172 g/mol. The summed E-state index contributed by atoms with van der Waals surface area (Å²) in [7, 11) is 0. The summed E-state index contributed by atoms with van der Waals surface area (Å²) in [5.74, 6) is 0. The normalized spacial score (nSPS) is 13.0. The number of hydrogen-bond acceptors (Lipinski definition) is 2. The monoisotopic (exact) mass is 186 g/mol. The van der Waals surface area contributed by atoms with E-state index in [1.54, 1.807) is 0 Å². The van der Waals surface area contributed by atoms with Crippen molar-refractivity contribution in [3.63, 3.8) is 0 Å². The van der Waals surface area contributed by atoms with Crippen LogP contribution in [0.1, 0.15) is 12.6 Å². The fourth-order valence-corrected chi connectivity index (χ4v) is 1.55. The van der Waals surface area contributed by atoms with Crippen LogP contribution in [0.5, 0.6) is 0 Å². The van der Waals surface area contributed by atoms with Crippen LogP contribution in [-0.4, -0.2) is 11.0 Å². The second-order valence-electron chi connectivity index (χ2n) is 3.68. The van der Waals surface area contributed by atoms with Gasteiger partial charge in [0, 0.05) is 23.5 Å². The summed E-state index contributed by atoms with van der Waals surface area (Å²) in [4.78, 5) is 4.54. The highest BCUT2D eigenvalue weighted by atomic mass is 14.7. The Kier molecular flexibility index (Phi) is 2.46. The van der Waals surface area contributed by atoms with Crippen LogP contribution in [-0.2, 0) is 6.42 Å². The Labute approximate surface area is 83.8 Å². The molecule has 0 saturated carbocycles. The fraction of sp³-hybridized carbons (Fsp3) is 0.250. The van der Waals surface area contributed by atoms with Crippen molar-refractivity contribution >= 4 is 10.9 Å². The lowest BCUT2D eigenvalue weighted by Crippen LogP contribution is -2.18. The summed E-state index contributed by atoms with van der Waals surface area (Å²) in [6.07, 6.45) is 0.838. The number of para-hydroxylation sites is 1. The highest BCUT2D eigenvalue weighted by Crippen LogP contribution is 2.12. The molecule has 0 fully saturated rings. The predicted octanol–water partition coefficient (Wildman–Crippen LogP) is 2.12. The third-order valence-corrected chi connectivity index (χ3v) is 2.19. The Morgan fingerprint density at radius 2 is 2.00 bits per heavy atom. The third kappa shape index (κ3) is 1.91. The van der Waals surface area contributed by atoms with E-state index in [1.807, 2.05) is 31.2 Å². The average molecular weight is 186 g/mol. The molecule has 0 aliphatic carbocycles. The molecule has 0 amide bonds. The maximum absolute atomic E-state index is 5.73. The summed E-state index contributed by atoms with van der Waals surface area (Å²) in [5.41, 5.74) is 7.84. The first-order valence-electron chi connectivity index (χ1n) is 4.86. The summed E-state index contributed by atoms with van der Waals surface area (Å²) < 4.78 is 0. The number of pyridine rings is 1. The number of nitrogens with zero attached hydrogens (tertiary/aromatic N) is 1. The number of nitrogens with two attached hydrogens (primary N) is 1. The molecule has 2 N–H and O–H groups in total. The van der Waals surface area contributed by atoms with Gasteiger partial charge in [-0.1, -0.05) is 24.3 Å². The predicted molar refractivity (Wildman–Crippen MR) is 59.1 cm³/mol. The molecule has 1 unspecified atom stereocenters. The van der Waals surface area contributed by atoms with Crippen LogP contribution in [0.2, 0.25) is 0 Å². The Balaban J connectivity index is 2.41. The summed E-state index contributed by atoms with van der Waals surface area (Å²) >= 11 is 0. The molecule has 0 spiro atoms. The fourth-order valence-electron chi connectivity index (χ4n) is 1.55. The molecule has 1 aromatic heterocycles. The van der Waals surface area contributed by atoms with Crippen LogP contribution in [0.25, 0.3) is 10.9 Å². The maximum Gasteiger partial charge on any atom is 0.0705 e. The smallest absolute Gasteiger partial charge is 0.0705 e. The van der Waals surface area contributed by atoms with Gasteiger partial charge >= 0.3 is 0 Å². The first-order chi connectivity index (χ1) is 6.75. The van der Waals surface area contributed by atoms with E-state index in [-0.39, 0.29) is 6.04 Å². The van der Waals surface area contributed by atoms with E-state index in [9.17, 15) is 0 Å². The second-order valence-corrected chi connectivity index (χ2v) is 3.68. The van der Waals surface area contributed by atoms with Crippen molar-refractivity contribution in [2.45, 2.75) is 19.4 Å².